The zero-order valence-electron chi connectivity index (χ0n) is 12.8. The third kappa shape index (κ3) is 3.54. The summed E-state index contributed by atoms with van der Waals surface area (Å²) < 4.78 is 5.56. The molecule has 1 aromatic rings. The number of nitrogens with zero attached hydrogens (tertiary/aromatic N) is 1. The highest BCUT2D eigenvalue weighted by atomic mass is 16.5. The van der Waals surface area contributed by atoms with E-state index in [1.54, 1.807) is 4.90 Å². The fraction of sp³-hybridized carbons (Fsp3) is 0.500. The Labute approximate surface area is 125 Å². The monoisotopic (exact) mass is 290 g/mol. The van der Waals surface area contributed by atoms with E-state index in [2.05, 4.69) is 5.32 Å². The molecule has 1 heterocycles. The summed E-state index contributed by atoms with van der Waals surface area (Å²) in [5.41, 5.74) is 0.740. The molecule has 0 bridgehead atoms. The minimum atomic E-state index is -0.297. The first-order chi connectivity index (χ1) is 10.0. The molecule has 1 fully saturated rings. The van der Waals surface area contributed by atoms with E-state index in [1.165, 1.54) is 0 Å². The van der Waals surface area contributed by atoms with Crippen molar-refractivity contribution in [1.82, 2.24) is 5.32 Å². The first-order valence-electron chi connectivity index (χ1n) is 7.35. The molecule has 2 rings (SSSR count). The lowest BCUT2D eigenvalue weighted by Gasteiger charge is -2.20. The van der Waals surface area contributed by atoms with Gasteiger partial charge in [0.1, 0.15) is 5.75 Å². The van der Waals surface area contributed by atoms with E-state index in [4.69, 9.17) is 4.74 Å². The molecule has 1 aromatic carbocycles. The van der Waals surface area contributed by atoms with E-state index in [0.717, 1.165) is 5.69 Å². The number of rotatable bonds is 5. The first kappa shape index (κ1) is 15.4. The van der Waals surface area contributed by atoms with Crippen molar-refractivity contribution in [3.63, 3.8) is 0 Å². The summed E-state index contributed by atoms with van der Waals surface area (Å²) in [5, 5.41) is 2.87. The molecule has 21 heavy (non-hydrogen) atoms. The van der Waals surface area contributed by atoms with Gasteiger partial charge in [-0.1, -0.05) is 12.1 Å². The number of nitrogens with one attached hydrogen (secondary N) is 1. The molecule has 114 valence electrons. The van der Waals surface area contributed by atoms with Crippen LogP contribution in [-0.2, 0) is 9.59 Å². The second-order valence-electron chi connectivity index (χ2n) is 5.47. The third-order valence-electron chi connectivity index (χ3n) is 3.38. The standard InChI is InChI=1S/C16H22N2O3/c1-4-21-14-8-6-5-7-13(14)18-10-12(9-15(18)19)16(20)17-11(2)3/h5-8,11-12H,4,9-10H2,1-3H3,(H,17,20)/t12-/m1/s1. The maximum Gasteiger partial charge on any atom is 0.227 e. The predicted octanol–water partition coefficient (Wildman–Crippen LogP) is 1.96. The summed E-state index contributed by atoms with van der Waals surface area (Å²) in [6, 6.07) is 7.52. The number of anilines is 1. The maximum absolute atomic E-state index is 12.2. The Morgan fingerprint density at radius 3 is 2.81 bits per heavy atom. The van der Waals surface area contributed by atoms with Crippen molar-refractivity contribution >= 4 is 17.5 Å². The van der Waals surface area contributed by atoms with Gasteiger partial charge in [0.25, 0.3) is 0 Å². The van der Waals surface area contributed by atoms with Crippen LogP contribution >= 0.6 is 0 Å². The number of ether oxygens (including phenoxy) is 1. The van der Waals surface area contributed by atoms with Gasteiger partial charge in [0.05, 0.1) is 18.2 Å². The summed E-state index contributed by atoms with van der Waals surface area (Å²) >= 11 is 0. The van der Waals surface area contributed by atoms with E-state index in [-0.39, 0.29) is 30.2 Å². The molecular formula is C16H22N2O3. The Hall–Kier alpha value is -2.04. The van der Waals surface area contributed by atoms with Crippen molar-refractivity contribution in [1.29, 1.82) is 0 Å². The van der Waals surface area contributed by atoms with Gasteiger partial charge in [-0.2, -0.15) is 0 Å². The Bertz CT molecular complexity index is 528. The smallest absolute Gasteiger partial charge is 0.227 e. The molecule has 0 radical (unpaired) electrons. The molecule has 1 N–H and O–H groups in total. The third-order valence-corrected chi connectivity index (χ3v) is 3.38. The van der Waals surface area contributed by atoms with Gasteiger partial charge in [-0.25, -0.2) is 0 Å². The number of carbonyl (C=O) groups is 2. The highest BCUT2D eigenvalue weighted by Gasteiger charge is 2.36. The molecule has 1 aliphatic heterocycles. The summed E-state index contributed by atoms with van der Waals surface area (Å²) in [4.78, 5) is 25.9. The lowest BCUT2D eigenvalue weighted by molar-refractivity contribution is -0.126. The van der Waals surface area contributed by atoms with Gasteiger partial charge in [-0.05, 0) is 32.9 Å². The summed E-state index contributed by atoms with van der Waals surface area (Å²) in [6.07, 6.45) is 0.249. The Morgan fingerprint density at radius 2 is 2.14 bits per heavy atom. The first-order valence-corrected chi connectivity index (χ1v) is 7.35. The van der Waals surface area contributed by atoms with Crippen molar-refractivity contribution in [3.05, 3.63) is 24.3 Å². The molecule has 5 nitrogen and oxygen atoms in total. The van der Waals surface area contributed by atoms with E-state index in [1.807, 2.05) is 45.0 Å². The number of benzene rings is 1. The van der Waals surface area contributed by atoms with Crippen LogP contribution in [0.4, 0.5) is 5.69 Å². The molecule has 0 aliphatic carbocycles. The molecular weight excluding hydrogens is 268 g/mol. The molecule has 0 spiro atoms. The normalized spacial score (nSPS) is 18.2. The van der Waals surface area contributed by atoms with Crippen molar-refractivity contribution < 1.29 is 14.3 Å². The van der Waals surface area contributed by atoms with E-state index in [9.17, 15) is 9.59 Å². The van der Waals surface area contributed by atoms with Gasteiger partial charge in [-0.3, -0.25) is 9.59 Å². The van der Waals surface area contributed by atoms with Crippen molar-refractivity contribution in [2.24, 2.45) is 5.92 Å². The van der Waals surface area contributed by atoms with Crippen LogP contribution in [0.15, 0.2) is 24.3 Å². The van der Waals surface area contributed by atoms with E-state index in [0.29, 0.717) is 18.9 Å². The maximum atomic E-state index is 12.2. The lowest BCUT2D eigenvalue weighted by Crippen LogP contribution is -2.37. The van der Waals surface area contributed by atoms with Crippen LogP contribution in [-0.4, -0.2) is 31.0 Å². The highest BCUT2D eigenvalue weighted by Crippen LogP contribution is 2.33. The van der Waals surface area contributed by atoms with Gasteiger partial charge >= 0.3 is 0 Å². The van der Waals surface area contributed by atoms with Crippen LogP contribution in [0, 0.1) is 5.92 Å². The highest BCUT2D eigenvalue weighted by molar-refractivity contribution is 6.01. The average Bonchev–Trinajstić information content (AvgIpc) is 2.81. The lowest BCUT2D eigenvalue weighted by atomic mass is 10.1. The molecule has 0 unspecified atom stereocenters. The Morgan fingerprint density at radius 1 is 1.43 bits per heavy atom. The predicted molar refractivity (Wildman–Crippen MR) is 81.3 cm³/mol. The number of hydrogen-bond acceptors (Lipinski definition) is 3. The number of carbonyl (C=O) groups excluding carboxylic acids is 2. The van der Waals surface area contributed by atoms with Crippen molar-refractivity contribution in [2.75, 3.05) is 18.1 Å². The molecule has 1 saturated heterocycles. The molecule has 0 saturated carbocycles. The van der Waals surface area contributed by atoms with Crippen molar-refractivity contribution in [3.8, 4) is 5.75 Å². The zero-order valence-corrected chi connectivity index (χ0v) is 12.8. The van der Waals surface area contributed by atoms with Crippen LogP contribution in [0.3, 0.4) is 0 Å². The number of para-hydroxylation sites is 2. The fourth-order valence-electron chi connectivity index (χ4n) is 2.48. The fourth-order valence-corrected chi connectivity index (χ4v) is 2.48. The van der Waals surface area contributed by atoms with Crippen LogP contribution < -0.4 is 15.0 Å². The average molecular weight is 290 g/mol. The molecule has 1 atom stereocenters. The SMILES string of the molecule is CCOc1ccccc1N1C[C@H](C(=O)NC(C)C)CC1=O. The van der Waals surface area contributed by atoms with Crippen LogP contribution in [0.1, 0.15) is 27.2 Å². The largest absolute Gasteiger partial charge is 0.492 e. The number of hydrogen-bond donors (Lipinski definition) is 1. The second-order valence-corrected chi connectivity index (χ2v) is 5.47. The zero-order chi connectivity index (χ0) is 15.4. The number of amides is 2. The Balaban J connectivity index is 2.15. The molecule has 5 heteroatoms. The van der Waals surface area contributed by atoms with Crippen LogP contribution in [0.2, 0.25) is 0 Å². The van der Waals surface area contributed by atoms with Crippen LogP contribution in [0.5, 0.6) is 5.75 Å². The Kier molecular flexibility index (Phi) is 4.83. The van der Waals surface area contributed by atoms with Crippen LogP contribution in [0.25, 0.3) is 0 Å². The summed E-state index contributed by atoms with van der Waals surface area (Å²) in [6.45, 7) is 6.67. The van der Waals surface area contributed by atoms with Gasteiger partial charge in [0.15, 0.2) is 0 Å². The van der Waals surface area contributed by atoms with Gasteiger partial charge < -0.3 is 15.0 Å². The minimum absolute atomic E-state index is 0.0361. The van der Waals surface area contributed by atoms with Gasteiger partial charge in [0.2, 0.25) is 11.8 Å². The quantitative estimate of drug-likeness (QED) is 0.902. The summed E-state index contributed by atoms with van der Waals surface area (Å²) in [7, 11) is 0. The van der Waals surface area contributed by atoms with Gasteiger partial charge in [0, 0.05) is 19.0 Å². The molecule has 0 aromatic heterocycles. The topological polar surface area (TPSA) is 58.6 Å². The van der Waals surface area contributed by atoms with Gasteiger partial charge in [-0.15, -0.1) is 0 Å². The van der Waals surface area contributed by atoms with E-state index >= 15 is 0 Å². The minimum Gasteiger partial charge on any atom is -0.492 e. The molecule has 2 amide bonds. The van der Waals surface area contributed by atoms with Crippen molar-refractivity contribution in [2.45, 2.75) is 33.2 Å². The summed E-state index contributed by atoms with van der Waals surface area (Å²) in [5.74, 6) is 0.286. The second kappa shape index (κ2) is 6.61. The molecule has 1 aliphatic rings. The van der Waals surface area contributed by atoms with E-state index < -0.39 is 0 Å².